The molecule has 1 aromatic carbocycles. The molecule has 1 atom stereocenters. The highest BCUT2D eigenvalue weighted by Gasteiger charge is 2.22. The predicted molar refractivity (Wildman–Crippen MR) is 108 cm³/mol. The molecular formula is C19H17ClN6OS. The molecule has 3 aromatic heterocycles. The highest BCUT2D eigenvalue weighted by molar-refractivity contribution is 7.99. The van der Waals surface area contributed by atoms with Crippen LogP contribution in [-0.4, -0.2) is 29.9 Å². The molecule has 0 amide bonds. The quantitative estimate of drug-likeness (QED) is 0.434. The summed E-state index contributed by atoms with van der Waals surface area (Å²) in [6.45, 7) is 5.74. The molecule has 0 radical (unpaired) electrons. The number of aryl methyl sites for hydroxylation is 1. The Morgan fingerprint density at radius 2 is 1.82 bits per heavy atom. The minimum atomic E-state index is -0.0890. The van der Waals surface area contributed by atoms with Gasteiger partial charge in [-0.25, -0.2) is 0 Å². The molecule has 0 N–H and O–H groups in total. The van der Waals surface area contributed by atoms with Gasteiger partial charge in [-0.3, -0.25) is 9.55 Å². The summed E-state index contributed by atoms with van der Waals surface area (Å²) in [5.74, 6) is 1.79. The molecule has 28 heavy (non-hydrogen) atoms. The number of halogens is 1. The Morgan fingerprint density at radius 1 is 1.04 bits per heavy atom. The molecule has 142 valence electrons. The van der Waals surface area contributed by atoms with Crippen molar-refractivity contribution >= 4 is 23.4 Å². The van der Waals surface area contributed by atoms with E-state index in [1.165, 1.54) is 11.8 Å². The first kappa shape index (κ1) is 18.6. The van der Waals surface area contributed by atoms with Crippen molar-refractivity contribution in [3.63, 3.8) is 0 Å². The maximum Gasteiger partial charge on any atom is 0.229 e. The van der Waals surface area contributed by atoms with Crippen molar-refractivity contribution in [2.75, 3.05) is 0 Å². The molecule has 9 heteroatoms. The molecule has 3 heterocycles. The second-order valence-electron chi connectivity index (χ2n) is 6.18. The second-order valence-corrected chi connectivity index (χ2v) is 7.90. The number of hydrogen-bond acceptors (Lipinski definition) is 7. The van der Waals surface area contributed by atoms with Gasteiger partial charge in [-0.15, -0.1) is 20.4 Å². The zero-order valence-electron chi connectivity index (χ0n) is 15.5. The first-order valence-corrected chi connectivity index (χ1v) is 9.88. The average molecular weight is 413 g/mol. The normalized spacial score (nSPS) is 12.3. The van der Waals surface area contributed by atoms with Gasteiger partial charge in [-0.05, 0) is 43.7 Å². The zero-order chi connectivity index (χ0) is 19.7. The Bertz CT molecular complexity index is 1110. The van der Waals surface area contributed by atoms with Crippen LogP contribution in [0.2, 0.25) is 5.02 Å². The van der Waals surface area contributed by atoms with E-state index in [9.17, 15) is 0 Å². The molecular weight excluding hydrogens is 396 g/mol. The number of nitrogens with zero attached hydrogens (tertiary/aromatic N) is 6. The van der Waals surface area contributed by atoms with E-state index < -0.39 is 0 Å². The fourth-order valence-electron chi connectivity index (χ4n) is 2.77. The predicted octanol–water partition coefficient (Wildman–Crippen LogP) is 4.84. The lowest BCUT2D eigenvalue weighted by Gasteiger charge is -2.14. The Hall–Kier alpha value is -2.71. The van der Waals surface area contributed by atoms with Crippen molar-refractivity contribution in [1.29, 1.82) is 0 Å². The topological polar surface area (TPSA) is 82.5 Å². The van der Waals surface area contributed by atoms with Gasteiger partial charge in [-0.2, -0.15) is 0 Å². The van der Waals surface area contributed by atoms with Crippen molar-refractivity contribution < 1.29 is 4.42 Å². The molecule has 0 saturated heterocycles. The van der Waals surface area contributed by atoms with Crippen LogP contribution < -0.4 is 0 Å². The van der Waals surface area contributed by atoms with E-state index in [4.69, 9.17) is 16.0 Å². The summed E-state index contributed by atoms with van der Waals surface area (Å²) in [5.41, 5.74) is 2.78. The van der Waals surface area contributed by atoms with Gasteiger partial charge < -0.3 is 4.42 Å². The average Bonchev–Trinajstić information content (AvgIpc) is 3.31. The molecule has 1 unspecified atom stereocenters. The first-order valence-electron chi connectivity index (χ1n) is 8.62. The molecule has 7 nitrogen and oxygen atoms in total. The summed E-state index contributed by atoms with van der Waals surface area (Å²) < 4.78 is 7.57. The van der Waals surface area contributed by atoms with Crippen molar-refractivity contribution in [3.8, 4) is 17.1 Å². The summed E-state index contributed by atoms with van der Waals surface area (Å²) >= 11 is 7.88. The third kappa shape index (κ3) is 3.53. The highest BCUT2D eigenvalue weighted by Crippen LogP contribution is 2.37. The van der Waals surface area contributed by atoms with Crippen molar-refractivity contribution in [2.24, 2.45) is 0 Å². The van der Waals surface area contributed by atoms with Gasteiger partial charge in [-0.1, -0.05) is 29.4 Å². The van der Waals surface area contributed by atoms with Gasteiger partial charge in [0.15, 0.2) is 11.0 Å². The molecule has 4 aromatic rings. The SMILES string of the molecule is Cc1nnc(C(C)Sc2nnc(-c3ccncc3)n2-c2cccc(Cl)c2C)o1. The third-order valence-electron chi connectivity index (χ3n) is 4.22. The Labute approximate surface area is 171 Å². The molecule has 0 bridgehead atoms. The van der Waals surface area contributed by atoms with Gasteiger partial charge in [0, 0.05) is 29.9 Å². The van der Waals surface area contributed by atoms with Crippen LogP contribution in [0.5, 0.6) is 0 Å². The maximum atomic E-state index is 6.38. The summed E-state index contributed by atoms with van der Waals surface area (Å²) in [7, 11) is 0. The first-order chi connectivity index (χ1) is 13.5. The molecule has 0 spiro atoms. The third-order valence-corrected chi connectivity index (χ3v) is 5.66. The number of benzene rings is 1. The molecule has 0 aliphatic carbocycles. The summed E-state index contributed by atoms with van der Waals surface area (Å²) in [5, 5.41) is 18.2. The molecule has 0 fully saturated rings. The van der Waals surface area contributed by atoms with E-state index in [1.807, 2.05) is 48.7 Å². The number of aromatic nitrogens is 6. The number of hydrogen-bond donors (Lipinski definition) is 0. The van der Waals surface area contributed by atoms with Crippen molar-refractivity contribution in [2.45, 2.75) is 31.2 Å². The standard InChI is InChI=1S/C19H17ClN6OS/c1-11-15(20)5-4-6-16(11)26-17(14-7-9-21-10-8-14)23-25-19(26)28-12(2)18-24-22-13(3)27-18/h4-10,12H,1-3H3. The van der Waals surface area contributed by atoms with Crippen LogP contribution in [-0.2, 0) is 0 Å². The fraction of sp³-hybridized carbons (Fsp3) is 0.211. The Balaban J connectivity index is 1.83. The number of thioether (sulfide) groups is 1. The van der Waals surface area contributed by atoms with Crippen LogP contribution >= 0.6 is 23.4 Å². The highest BCUT2D eigenvalue weighted by atomic mass is 35.5. The maximum absolute atomic E-state index is 6.38. The van der Waals surface area contributed by atoms with Gasteiger partial charge >= 0.3 is 0 Å². The van der Waals surface area contributed by atoms with Gasteiger partial charge in [0.05, 0.1) is 10.9 Å². The van der Waals surface area contributed by atoms with E-state index in [0.29, 0.717) is 27.8 Å². The van der Waals surface area contributed by atoms with Crippen LogP contribution in [0.3, 0.4) is 0 Å². The van der Waals surface area contributed by atoms with Crippen molar-refractivity contribution in [3.05, 3.63) is 65.1 Å². The van der Waals surface area contributed by atoms with Gasteiger partial charge in [0.1, 0.15) is 0 Å². The minimum Gasteiger partial charge on any atom is -0.424 e. The lowest BCUT2D eigenvalue weighted by molar-refractivity contribution is 0.470. The number of pyridine rings is 1. The Kier molecular flexibility index (Phi) is 5.15. The van der Waals surface area contributed by atoms with E-state index in [1.54, 1.807) is 19.3 Å². The fourth-order valence-corrected chi connectivity index (χ4v) is 3.83. The zero-order valence-corrected chi connectivity index (χ0v) is 17.1. The largest absolute Gasteiger partial charge is 0.424 e. The number of rotatable bonds is 5. The van der Waals surface area contributed by atoms with E-state index in [-0.39, 0.29) is 5.25 Å². The van der Waals surface area contributed by atoms with Crippen LogP contribution in [0.1, 0.15) is 29.5 Å². The summed E-state index contributed by atoms with van der Waals surface area (Å²) in [4.78, 5) is 4.09. The molecule has 0 aliphatic rings. The van der Waals surface area contributed by atoms with Gasteiger partial charge in [0.2, 0.25) is 11.8 Å². The molecule has 0 saturated carbocycles. The summed E-state index contributed by atoms with van der Waals surface area (Å²) in [6, 6.07) is 9.59. The summed E-state index contributed by atoms with van der Waals surface area (Å²) in [6.07, 6.45) is 3.46. The van der Waals surface area contributed by atoms with Crippen LogP contribution in [0, 0.1) is 13.8 Å². The smallest absolute Gasteiger partial charge is 0.229 e. The Morgan fingerprint density at radius 3 is 2.54 bits per heavy atom. The molecule has 4 rings (SSSR count). The van der Waals surface area contributed by atoms with E-state index >= 15 is 0 Å². The van der Waals surface area contributed by atoms with Crippen LogP contribution in [0.15, 0.2) is 52.3 Å². The molecule has 0 aliphatic heterocycles. The van der Waals surface area contributed by atoms with E-state index in [2.05, 4.69) is 25.4 Å². The van der Waals surface area contributed by atoms with Gasteiger partial charge in [0.25, 0.3) is 0 Å². The van der Waals surface area contributed by atoms with Crippen LogP contribution in [0.25, 0.3) is 17.1 Å². The lowest BCUT2D eigenvalue weighted by atomic mass is 10.2. The minimum absolute atomic E-state index is 0.0890. The second kappa shape index (κ2) is 7.73. The lowest BCUT2D eigenvalue weighted by Crippen LogP contribution is -2.03. The monoisotopic (exact) mass is 412 g/mol. The van der Waals surface area contributed by atoms with Crippen molar-refractivity contribution in [1.82, 2.24) is 29.9 Å². The van der Waals surface area contributed by atoms with Crippen LogP contribution in [0.4, 0.5) is 0 Å². The van der Waals surface area contributed by atoms with E-state index in [0.717, 1.165) is 16.8 Å².